The number of halogens is 1. The quantitative estimate of drug-likeness (QED) is 0.876. The summed E-state index contributed by atoms with van der Waals surface area (Å²) in [6.07, 6.45) is 1.26. The molecule has 2 rings (SSSR count). The van der Waals surface area contributed by atoms with Gasteiger partial charge in [-0.1, -0.05) is 15.9 Å². The van der Waals surface area contributed by atoms with Crippen molar-refractivity contribution in [2.45, 2.75) is 32.9 Å². The highest BCUT2D eigenvalue weighted by atomic mass is 79.9. The Bertz CT molecular complexity index is 409. The first kappa shape index (κ1) is 13.8. The highest BCUT2D eigenvalue weighted by Gasteiger charge is 2.17. The molecule has 0 amide bonds. The van der Waals surface area contributed by atoms with Gasteiger partial charge in [-0.05, 0) is 31.5 Å². The van der Waals surface area contributed by atoms with Crippen LogP contribution in [-0.4, -0.2) is 25.9 Å². The zero-order valence-corrected chi connectivity index (χ0v) is 12.5. The monoisotopic (exact) mass is 313 g/mol. The van der Waals surface area contributed by atoms with E-state index in [1.807, 2.05) is 6.92 Å². The lowest BCUT2D eigenvalue weighted by Crippen LogP contribution is -2.26. The Morgan fingerprint density at radius 3 is 3.11 bits per heavy atom. The predicted octanol–water partition coefficient (Wildman–Crippen LogP) is 2.90. The molecular weight excluding hydrogens is 294 g/mol. The highest BCUT2D eigenvalue weighted by molar-refractivity contribution is 9.10. The average molecular weight is 314 g/mol. The first-order valence-electron chi connectivity index (χ1n) is 6.47. The van der Waals surface area contributed by atoms with E-state index in [4.69, 9.17) is 9.47 Å². The van der Waals surface area contributed by atoms with Crippen LogP contribution in [-0.2, 0) is 17.7 Å². The lowest BCUT2D eigenvalue weighted by molar-refractivity contribution is 0.0759. The van der Waals surface area contributed by atoms with Crippen LogP contribution in [0, 0.1) is 0 Å². The van der Waals surface area contributed by atoms with Gasteiger partial charge in [0.2, 0.25) is 0 Å². The number of hydrogen-bond acceptors (Lipinski definition) is 3. The smallest absolute Gasteiger partial charge is 0.127 e. The van der Waals surface area contributed by atoms with Gasteiger partial charge < -0.3 is 14.8 Å². The Hall–Kier alpha value is -0.580. The molecule has 0 spiro atoms. The molecular formula is C14H20BrNO2. The van der Waals surface area contributed by atoms with E-state index in [1.54, 1.807) is 0 Å². The van der Waals surface area contributed by atoms with Crippen LogP contribution in [0.15, 0.2) is 16.6 Å². The molecule has 0 fully saturated rings. The molecule has 0 saturated heterocycles. The van der Waals surface area contributed by atoms with Crippen LogP contribution in [0.3, 0.4) is 0 Å². The van der Waals surface area contributed by atoms with Gasteiger partial charge in [0, 0.05) is 36.2 Å². The fourth-order valence-electron chi connectivity index (χ4n) is 2.23. The molecule has 1 aromatic carbocycles. The Balaban J connectivity index is 1.93. The molecule has 1 aliphatic heterocycles. The standard InChI is InChI=1S/C14H20BrNO2/c1-3-17-10(2)8-16-9-12-7-13(15)6-11-4-5-18-14(11)12/h6-7,10,16H,3-5,8-9H2,1-2H3. The number of nitrogens with one attached hydrogen (secondary N) is 1. The summed E-state index contributed by atoms with van der Waals surface area (Å²) in [6, 6.07) is 4.27. The second-order valence-corrected chi connectivity index (χ2v) is 5.46. The zero-order valence-electron chi connectivity index (χ0n) is 11.0. The number of benzene rings is 1. The Kier molecular flexibility index (Phi) is 5.03. The van der Waals surface area contributed by atoms with E-state index in [1.165, 1.54) is 11.1 Å². The van der Waals surface area contributed by atoms with Crippen LogP contribution in [0.4, 0.5) is 0 Å². The second-order valence-electron chi connectivity index (χ2n) is 4.55. The zero-order chi connectivity index (χ0) is 13.0. The van der Waals surface area contributed by atoms with Crippen molar-refractivity contribution in [3.8, 4) is 5.75 Å². The van der Waals surface area contributed by atoms with Gasteiger partial charge in [0.25, 0.3) is 0 Å². The molecule has 1 heterocycles. The summed E-state index contributed by atoms with van der Waals surface area (Å²) >= 11 is 3.55. The Morgan fingerprint density at radius 2 is 2.33 bits per heavy atom. The van der Waals surface area contributed by atoms with Gasteiger partial charge in [0.1, 0.15) is 5.75 Å². The molecule has 1 aliphatic rings. The van der Waals surface area contributed by atoms with Crippen molar-refractivity contribution in [2.24, 2.45) is 0 Å². The third kappa shape index (κ3) is 3.46. The van der Waals surface area contributed by atoms with Crippen LogP contribution in [0.1, 0.15) is 25.0 Å². The van der Waals surface area contributed by atoms with Crippen LogP contribution in [0.2, 0.25) is 0 Å². The van der Waals surface area contributed by atoms with Gasteiger partial charge in [0.05, 0.1) is 12.7 Å². The van der Waals surface area contributed by atoms with Crippen molar-refractivity contribution in [1.82, 2.24) is 5.32 Å². The lowest BCUT2D eigenvalue weighted by Gasteiger charge is -2.14. The summed E-state index contributed by atoms with van der Waals surface area (Å²) in [4.78, 5) is 0. The molecule has 18 heavy (non-hydrogen) atoms. The first-order valence-corrected chi connectivity index (χ1v) is 7.26. The Labute approximate surface area is 117 Å². The molecule has 4 heteroatoms. The predicted molar refractivity (Wildman–Crippen MR) is 76.1 cm³/mol. The largest absolute Gasteiger partial charge is 0.493 e. The molecule has 1 unspecified atom stereocenters. The SMILES string of the molecule is CCOC(C)CNCc1cc(Br)cc2c1OCC2. The van der Waals surface area contributed by atoms with E-state index in [-0.39, 0.29) is 6.10 Å². The van der Waals surface area contributed by atoms with Gasteiger partial charge in [-0.25, -0.2) is 0 Å². The molecule has 1 atom stereocenters. The molecule has 0 aromatic heterocycles. The molecule has 1 N–H and O–H groups in total. The van der Waals surface area contributed by atoms with E-state index < -0.39 is 0 Å². The average Bonchev–Trinajstić information content (AvgIpc) is 2.77. The number of ether oxygens (including phenoxy) is 2. The van der Waals surface area contributed by atoms with Gasteiger partial charge in [-0.15, -0.1) is 0 Å². The maximum atomic E-state index is 5.70. The third-order valence-electron chi connectivity index (χ3n) is 3.02. The second kappa shape index (κ2) is 6.55. The number of hydrogen-bond donors (Lipinski definition) is 1. The maximum Gasteiger partial charge on any atom is 0.127 e. The minimum absolute atomic E-state index is 0.246. The van der Waals surface area contributed by atoms with Crippen molar-refractivity contribution in [3.63, 3.8) is 0 Å². The van der Waals surface area contributed by atoms with Crippen LogP contribution < -0.4 is 10.1 Å². The molecule has 0 saturated carbocycles. The Morgan fingerprint density at radius 1 is 1.50 bits per heavy atom. The topological polar surface area (TPSA) is 30.5 Å². The van der Waals surface area contributed by atoms with Crippen molar-refractivity contribution >= 4 is 15.9 Å². The van der Waals surface area contributed by atoms with Gasteiger partial charge >= 0.3 is 0 Å². The summed E-state index contributed by atoms with van der Waals surface area (Å²) in [6.45, 7) is 7.34. The number of fused-ring (bicyclic) bond motifs is 1. The van der Waals surface area contributed by atoms with Crippen LogP contribution in [0.25, 0.3) is 0 Å². The summed E-state index contributed by atoms with van der Waals surface area (Å²) in [7, 11) is 0. The molecule has 1 aromatic rings. The molecule has 0 radical (unpaired) electrons. The normalized spacial score (nSPS) is 15.3. The van der Waals surface area contributed by atoms with E-state index in [0.717, 1.165) is 42.9 Å². The van der Waals surface area contributed by atoms with E-state index in [9.17, 15) is 0 Å². The minimum Gasteiger partial charge on any atom is -0.493 e. The van der Waals surface area contributed by atoms with Crippen molar-refractivity contribution < 1.29 is 9.47 Å². The van der Waals surface area contributed by atoms with Crippen molar-refractivity contribution in [2.75, 3.05) is 19.8 Å². The molecule has 0 aliphatic carbocycles. The van der Waals surface area contributed by atoms with Crippen molar-refractivity contribution in [1.29, 1.82) is 0 Å². The lowest BCUT2D eigenvalue weighted by atomic mass is 10.1. The van der Waals surface area contributed by atoms with Gasteiger partial charge in [-0.2, -0.15) is 0 Å². The van der Waals surface area contributed by atoms with E-state index in [2.05, 4.69) is 40.3 Å². The van der Waals surface area contributed by atoms with Gasteiger partial charge in [0.15, 0.2) is 0 Å². The fraction of sp³-hybridized carbons (Fsp3) is 0.571. The van der Waals surface area contributed by atoms with Gasteiger partial charge in [-0.3, -0.25) is 0 Å². The van der Waals surface area contributed by atoms with E-state index in [0.29, 0.717) is 0 Å². The van der Waals surface area contributed by atoms with Crippen LogP contribution in [0.5, 0.6) is 5.75 Å². The first-order chi connectivity index (χ1) is 8.70. The summed E-state index contributed by atoms with van der Waals surface area (Å²) in [5.74, 6) is 1.06. The number of rotatable bonds is 6. The van der Waals surface area contributed by atoms with Crippen molar-refractivity contribution in [3.05, 3.63) is 27.7 Å². The van der Waals surface area contributed by atoms with E-state index >= 15 is 0 Å². The summed E-state index contributed by atoms with van der Waals surface area (Å²) in [5, 5.41) is 3.42. The summed E-state index contributed by atoms with van der Waals surface area (Å²) < 4.78 is 12.3. The van der Waals surface area contributed by atoms with Crippen LogP contribution >= 0.6 is 15.9 Å². The fourth-order valence-corrected chi connectivity index (χ4v) is 2.78. The molecule has 0 bridgehead atoms. The highest BCUT2D eigenvalue weighted by Crippen LogP contribution is 2.32. The summed E-state index contributed by atoms with van der Waals surface area (Å²) in [5.41, 5.74) is 2.53. The third-order valence-corrected chi connectivity index (χ3v) is 3.48. The minimum atomic E-state index is 0.246. The molecule has 100 valence electrons. The maximum absolute atomic E-state index is 5.70. The molecule has 3 nitrogen and oxygen atoms in total.